The lowest BCUT2D eigenvalue weighted by Gasteiger charge is -2.43. The van der Waals surface area contributed by atoms with Crippen molar-refractivity contribution in [3.63, 3.8) is 0 Å². The summed E-state index contributed by atoms with van der Waals surface area (Å²) in [5, 5.41) is 10.5. The molecule has 3 heterocycles. The van der Waals surface area contributed by atoms with Crippen LogP contribution in [0.4, 0.5) is 18.0 Å². The molecule has 3 rings (SSSR count). The van der Waals surface area contributed by atoms with E-state index in [0.717, 1.165) is 4.90 Å². The molecule has 25 heavy (non-hydrogen) atoms. The lowest BCUT2D eigenvalue weighted by Crippen LogP contribution is -2.60. The summed E-state index contributed by atoms with van der Waals surface area (Å²) in [6.45, 7) is 2.62. The van der Waals surface area contributed by atoms with Gasteiger partial charge in [-0.3, -0.25) is 4.40 Å². The molecule has 2 amide bonds. The second-order valence-electron chi connectivity index (χ2n) is 6.49. The first kappa shape index (κ1) is 17.5. The number of urea groups is 1. The van der Waals surface area contributed by atoms with Gasteiger partial charge in [-0.2, -0.15) is 13.2 Å². The minimum Gasteiger partial charge on any atom is -0.359 e. The SMILES string of the molecule is CC1(C)CN(C(=O)NCc2nnc3ccccn23)CC(C(F)(F)F)O1. The van der Waals surface area contributed by atoms with Gasteiger partial charge in [-0.15, -0.1) is 10.2 Å². The van der Waals surface area contributed by atoms with Gasteiger partial charge in [-0.05, 0) is 26.0 Å². The minimum atomic E-state index is -4.53. The van der Waals surface area contributed by atoms with Gasteiger partial charge in [0.25, 0.3) is 0 Å². The molecule has 10 heteroatoms. The van der Waals surface area contributed by atoms with Crippen LogP contribution in [0.2, 0.25) is 0 Å². The first-order valence-electron chi connectivity index (χ1n) is 7.72. The Labute approximate surface area is 141 Å². The lowest BCUT2D eigenvalue weighted by atomic mass is 10.1. The molecule has 1 unspecified atom stereocenters. The van der Waals surface area contributed by atoms with E-state index in [1.54, 1.807) is 28.8 Å². The fourth-order valence-corrected chi connectivity index (χ4v) is 2.79. The molecule has 1 atom stereocenters. The van der Waals surface area contributed by atoms with Gasteiger partial charge < -0.3 is 15.0 Å². The van der Waals surface area contributed by atoms with Gasteiger partial charge in [0.2, 0.25) is 0 Å². The van der Waals surface area contributed by atoms with Crippen molar-refractivity contribution in [3.8, 4) is 0 Å². The Morgan fingerprint density at radius 1 is 1.40 bits per heavy atom. The number of hydrogen-bond acceptors (Lipinski definition) is 4. The van der Waals surface area contributed by atoms with E-state index in [4.69, 9.17) is 4.74 Å². The first-order valence-corrected chi connectivity index (χ1v) is 7.72. The van der Waals surface area contributed by atoms with Crippen LogP contribution in [0.25, 0.3) is 5.65 Å². The summed E-state index contributed by atoms with van der Waals surface area (Å²) in [5.74, 6) is 0.490. The predicted molar refractivity (Wildman–Crippen MR) is 81.8 cm³/mol. The Kier molecular flexibility index (Phi) is 4.31. The van der Waals surface area contributed by atoms with Gasteiger partial charge in [0.15, 0.2) is 17.6 Å². The average Bonchev–Trinajstić information content (AvgIpc) is 2.93. The van der Waals surface area contributed by atoms with Crippen LogP contribution >= 0.6 is 0 Å². The number of hydrogen-bond donors (Lipinski definition) is 1. The molecule has 1 aliphatic heterocycles. The van der Waals surface area contributed by atoms with Gasteiger partial charge in [-0.1, -0.05) is 6.07 Å². The summed E-state index contributed by atoms with van der Waals surface area (Å²) in [4.78, 5) is 13.4. The molecular weight excluding hydrogens is 339 g/mol. The highest BCUT2D eigenvalue weighted by Gasteiger charge is 2.49. The second-order valence-corrected chi connectivity index (χ2v) is 6.49. The minimum absolute atomic E-state index is 0.0541. The molecule has 2 aromatic rings. The summed E-state index contributed by atoms with van der Waals surface area (Å²) in [7, 11) is 0. The van der Waals surface area contributed by atoms with E-state index in [9.17, 15) is 18.0 Å². The van der Waals surface area contributed by atoms with Crippen molar-refractivity contribution >= 4 is 11.7 Å². The molecule has 1 N–H and O–H groups in total. The maximum Gasteiger partial charge on any atom is 0.416 e. The molecule has 136 valence electrons. The number of rotatable bonds is 2. The molecule has 7 nitrogen and oxygen atoms in total. The number of ether oxygens (including phenoxy) is 1. The number of morpholine rings is 1. The molecule has 0 saturated carbocycles. The third-order valence-electron chi connectivity index (χ3n) is 3.85. The average molecular weight is 357 g/mol. The van der Waals surface area contributed by atoms with Gasteiger partial charge in [0.1, 0.15) is 0 Å². The summed E-state index contributed by atoms with van der Waals surface area (Å²) in [6.07, 6.45) is -4.79. The fourth-order valence-electron chi connectivity index (χ4n) is 2.79. The third-order valence-corrected chi connectivity index (χ3v) is 3.85. The van der Waals surface area contributed by atoms with Crippen LogP contribution in [0.3, 0.4) is 0 Å². The van der Waals surface area contributed by atoms with Crippen LogP contribution in [0.15, 0.2) is 24.4 Å². The second kappa shape index (κ2) is 6.17. The number of pyridine rings is 1. The number of nitrogens with zero attached hydrogens (tertiary/aromatic N) is 4. The molecular formula is C15H18F3N5O2. The summed E-state index contributed by atoms with van der Waals surface area (Å²) in [5.41, 5.74) is -0.464. The zero-order chi connectivity index (χ0) is 18.2. The highest BCUT2D eigenvalue weighted by Crippen LogP contribution is 2.31. The summed E-state index contributed by atoms with van der Waals surface area (Å²) >= 11 is 0. The normalized spacial score (nSPS) is 20.7. The van der Waals surface area contributed by atoms with Crippen LogP contribution in [0, 0.1) is 0 Å². The van der Waals surface area contributed by atoms with Crippen LogP contribution in [0.5, 0.6) is 0 Å². The van der Waals surface area contributed by atoms with Crippen molar-refractivity contribution in [2.75, 3.05) is 13.1 Å². The van der Waals surface area contributed by atoms with Gasteiger partial charge in [0.05, 0.1) is 25.2 Å². The molecule has 1 fully saturated rings. The smallest absolute Gasteiger partial charge is 0.359 e. The Morgan fingerprint density at radius 2 is 2.16 bits per heavy atom. The molecule has 2 aromatic heterocycles. The number of amides is 2. The highest BCUT2D eigenvalue weighted by molar-refractivity contribution is 5.74. The quantitative estimate of drug-likeness (QED) is 0.892. The van der Waals surface area contributed by atoms with E-state index in [2.05, 4.69) is 15.5 Å². The number of halogens is 3. The van der Waals surface area contributed by atoms with E-state index < -0.39 is 30.5 Å². The van der Waals surface area contributed by atoms with Crippen molar-refractivity contribution in [3.05, 3.63) is 30.2 Å². The standard InChI is InChI=1S/C15H18F3N5O2/c1-14(2)9-22(8-10(25-14)15(16,17)18)13(24)19-7-12-21-20-11-5-3-4-6-23(11)12/h3-6,10H,7-9H2,1-2H3,(H,19,24). The molecule has 0 radical (unpaired) electrons. The predicted octanol–water partition coefficient (Wildman–Crippen LogP) is 1.98. The van der Waals surface area contributed by atoms with Crippen molar-refractivity contribution in [2.24, 2.45) is 0 Å². The van der Waals surface area contributed by atoms with Gasteiger partial charge >= 0.3 is 12.2 Å². The van der Waals surface area contributed by atoms with Crippen LogP contribution in [0.1, 0.15) is 19.7 Å². The molecule has 0 spiro atoms. The highest BCUT2D eigenvalue weighted by atomic mass is 19.4. The first-order chi connectivity index (χ1) is 11.7. The maximum absolute atomic E-state index is 13.0. The van der Waals surface area contributed by atoms with Crippen molar-refractivity contribution in [2.45, 2.75) is 38.3 Å². The maximum atomic E-state index is 13.0. The Hall–Kier alpha value is -2.36. The van der Waals surface area contributed by atoms with Crippen LogP contribution < -0.4 is 5.32 Å². The fraction of sp³-hybridized carbons (Fsp3) is 0.533. The van der Waals surface area contributed by atoms with E-state index >= 15 is 0 Å². The van der Waals surface area contributed by atoms with Crippen molar-refractivity contribution < 1.29 is 22.7 Å². The Bertz CT molecular complexity index is 774. The van der Waals surface area contributed by atoms with Gasteiger partial charge in [-0.25, -0.2) is 4.79 Å². The monoisotopic (exact) mass is 357 g/mol. The van der Waals surface area contributed by atoms with Crippen molar-refractivity contribution in [1.82, 2.24) is 24.8 Å². The molecule has 0 aliphatic carbocycles. The van der Waals surface area contributed by atoms with E-state index in [0.29, 0.717) is 11.5 Å². The van der Waals surface area contributed by atoms with E-state index in [-0.39, 0.29) is 13.1 Å². The number of nitrogens with one attached hydrogen (secondary N) is 1. The number of carbonyl (C=O) groups is 1. The number of fused-ring (bicyclic) bond motifs is 1. The molecule has 1 saturated heterocycles. The molecule has 1 aliphatic rings. The van der Waals surface area contributed by atoms with Gasteiger partial charge in [0, 0.05) is 6.20 Å². The van der Waals surface area contributed by atoms with E-state index in [1.165, 1.54) is 13.8 Å². The topological polar surface area (TPSA) is 71.8 Å². The summed E-state index contributed by atoms with van der Waals surface area (Å²) in [6, 6.07) is 4.76. The van der Waals surface area contributed by atoms with Crippen molar-refractivity contribution in [1.29, 1.82) is 0 Å². The molecule has 0 aromatic carbocycles. The van der Waals surface area contributed by atoms with E-state index in [1.807, 2.05) is 0 Å². The largest absolute Gasteiger partial charge is 0.416 e. The Balaban J connectivity index is 1.68. The summed E-state index contributed by atoms with van der Waals surface area (Å²) < 4.78 is 45.8. The number of aromatic nitrogens is 3. The van der Waals surface area contributed by atoms with Crippen LogP contribution in [-0.4, -0.2) is 56.5 Å². The third kappa shape index (κ3) is 3.84. The zero-order valence-corrected chi connectivity index (χ0v) is 13.7. The van der Waals surface area contributed by atoms with Crippen LogP contribution in [-0.2, 0) is 11.3 Å². The Morgan fingerprint density at radius 3 is 2.88 bits per heavy atom. The number of carbonyl (C=O) groups excluding carboxylic acids is 1. The molecule has 0 bridgehead atoms. The number of alkyl halides is 3. The lowest BCUT2D eigenvalue weighted by molar-refractivity contribution is -0.267. The zero-order valence-electron chi connectivity index (χ0n) is 13.7.